The van der Waals surface area contributed by atoms with E-state index >= 15 is 0 Å². The van der Waals surface area contributed by atoms with Crippen LogP contribution in [0.25, 0.3) is 0 Å². The Balaban J connectivity index is 2.10. The van der Waals surface area contributed by atoms with Gasteiger partial charge in [-0.05, 0) is 17.9 Å². The highest BCUT2D eigenvalue weighted by Gasteiger charge is 2.29. The molecule has 1 N–H and O–H groups in total. The normalized spacial score (nSPS) is 24.6. The predicted molar refractivity (Wildman–Crippen MR) is 82.2 cm³/mol. The number of piperazine rings is 1. The number of nitrogens with one attached hydrogen (secondary N) is 1. The van der Waals surface area contributed by atoms with Crippen molar-refractivity contribution in [2.75, 3.05) is 19.6 Å². The fourth-order valence-corrected chi connectivity index (χ4v) is 2.79. The maximum Gasteiger partial charge on any atom is 0.0473 e. The molecule has 0 bridgehead atoms. The maximum absolute atomic E-state index is 3.85. The molecule has 1 saturated heterocycles. The fraction of sp³-hybridized carbons (Fsp3) is 0.529. The molecular formula is C17H26N2. The SMILES string of the molecule is C=CCCN1CC(C(C)C)NCC1c1ccccc1. The first-order valence-corrected chi connectivity index (χ1v) is 7.35. The third kappa shape index (κ3) is 3.68. The lowest BCUT2D eigenvalue weighted by atomic mass is 9.96. The molecule has 2 unspecified atom stereocenters. The van der Waals surface area contributed by atoms with Gasteiger partial charge in [0.15, 0.2) is 0 Å². The largest absolute Gasteiger partial charge is 0.311 e. The van der Waals surface area contributed by atoms with Crippen LogP contribution in [0.2, 0.25) is 0 Å². The van der Waals surface area contributed by atoms with Gasteiger partial charge >= 0.3 is 0 Å². The van der Waals surface area contributed by atoms with Crippen molar-refractivity contribution < 1.29 is 0 Å². The van der Waals surface area contributed by atoms with E-state index in [2.05, 4.69) is 61.0 Å². The van der Waals surface area contributed by atoms with Gasteiger partial charge in [0.2, 0.25) is 0 Å². The Labute approximate surface area is 117 Å². The molecule has 104 valence electrons. The number of hydrogen-bond acceptors (Lipinski definition) is 2. The lowest BCUT2D eigenvalue weighted by Gasteiger charge is -2.42. The van der Waals surface area contributed by atoms with Crippen LogP contribution in [0.3, 0.4) is 0 Å². The van der Waals surface area contributed by atoms with Gasteiger partial charge in [0.05, 0.1) is 0 Å². The summed E-state index contributed by atoms with van der Waals surface area (Å²) in [6.07, 6.45) is 3.09. The van der Waals surface area contributed by atoms with Crippen LogP contribution in [0.4, 0.5) is 0 Å². The summed E-state index contributed by atoms with van der Waals surface area (Å²) in [7, 11) is 0. The Morgan fingerprint density at radius 2 is 2.11 bits per heavy atom. The standard InChI is InChI=1S/C17H26N2/c1-4-5-11-19-13-16(14(2)3)18-12-17(19)15-9-7-6-8-10-15/h4,6-10,14,16-18H,1,5,11-13H2,2-3H3. The van der Waals surface area contributed by atoms with Gasteiger partial charge in [0, 0.05) is 31.7 Å². The Kier molecular flexibility index (Phi) is 5.17. The Hall–Kier alpha value is -1.12. The monoisotopic (exact) mass is 258 g/mol. The lowest BCUT2D eigenvalue weighted by Crippen LogP contribution is -2.54. The molecule has 0 aliphatic carbocycles. The van der Waals surface area contributed by atoms with E-state index < -0.39 is 0 Å². The zero-order valence-corrected chi connectivity index (χ0v) is 12.2. The molecule has 1 aromatic carbocycles. The molecule has 1 heterocycles. The fourth-order valence-electron chi connectivity index (χ4n) is 2.79. The first kappa shape index (κ1) is 14.3. The van der Waals surface area contributed by atoms with Crippen molar-refractivity contribution in [1.82, 2.24) is 10.2 Å². The quantitative estimate of drug-likeness (QED) is 0.816. The number of nitrogens with zero attached hydrogens (tertiary/aromatic N) is 1. The highest BCUT2D eigenvalue weighted by Crippen LogP contribution is 2.25. The van der Waals surface area contributed by atoms with Crippen LogP contribution in [0, 0.1) is 5.92 Å². The number of rotatable bonds is 5. The van der Waals surface area contributed by atoms with E-state index in [1.165, 1.54) is 5.56 Å². The molecule has 1 aliphatic heterocycles. The zero-order valence-electron chi connectivity index (χ0n) is 12.2. The minimum atomic E-state index is 0.496. The number of hydrogen-bond donors (Lipinski definition) is 1. The molecule has 0 radical (unpaired) electrons. The summed E-state index contributed by atoms with van der Waals surface area (Å²) in [5, 5.41) is 3.71. The van der Waals surface area contributed by atoms with Crippen LogP contribution in [-0.4, -0.2) is 30.6 Å². The third-order valence-corrected chi connectivity index (χ3v) is 4.05. The van der Waals surface area contributed by atoms with E-state index in [4.69, 9.17) is 0 Å². The summed E-state index contributed by atoms with van der Waals surface area (Å²) < 4.78 is 0. The van der Waals surface area contributed by atoms with Crippen LogP contribution in [-0.2, 0) is 0 Å². The van der Waals surface area contributed by atoms with E-state index in [1.54, 1.807) is 0 Å². The molecule has 2 nitrogen and oxygen atoms in total. The van der Waals surface area contributed by atoms with Gasteiger partial charge in [0.1, 0.15) is 0 Å². The van der Waals surface area contributed by atoms with Crippen LogP contribution < -0.4 is 5.32 Å². The van der Waals surface area contributed by atoms with Crippen molar-refractivity contribution in [2.24, 2.45) is 5.92 Å². The third-order valence-electron chi connectivity index (χ3n) is 4.05. The Morgan fingerprint density at radius 3 is 2.74 bits per heavy atom. The minimum Gasteiger partial charge on any atom is -0.311 e. The molecule has 1 fully saturated rings. The van der Waals surface area contributed by atoms with Crippen molar-refractivity contribution in [2.45, 2.75) is 32.4 Å². The van der Waals surface area contributed by atoms with Gasteiger partial charge < -0.3 is 5.32 Å². The van der Waals surface area contributed by atoms with Gasteiger partial charge in [-0.25, -0.2) is 0 Å². The van der Waals surface area contributed by atoms with Crippen molar-refractivity contribution in [1.29, 1.82) is 0 Å². The Bertz CT molecular complexity index is 386. The van der Waals surface area contributed by atoms with Gasteiger partial charge in [-0.1, -0.05) is 50.3 Å². The lowest BCUT2D eigenvalue weighted by molar-refractivity contribution is 0.115. The summed E-state index contributed by atoms with van der Waals surface area (Å²) in [5.74, 6) is 0.683. The molecule has 1 aromatic rings. The maximum atomic E-state index is 3.85. The Morgan fingerprint density at radius 1 is 1.37 bits per heavy atom. The number of benzene rings is 1. The van der Waals surface area contributed by atoms with Crippen LogP contribution >= 0.6 is 0 Å². The molecule has 19 heavy (non-hydrogen) atoms. The minimum absolute atomic E-state index is 0.496. The molecule has 2 heteroatoms. The van der Waals surface area contributed by atoms with E-state index in [0.29, 0.717) is 18.0 Å². The van der Waals surface area contributed by atoms with Gasteiger partial charge in [-0.2, -0.15) is 0 Å². The molecule has 0 spiro atoms. The first-order chi connectivity index (χ1) is 9.22. The average molecular weight is 258 g/mol. The molecule has 2 rings (SSSR count). The van der Waals surface area contributed by atoms with Crippen molar-refractivity contribution in [3.8, 4) is 0 Å². The van der Waals surface area contributed by atoms with Gasteiger partial charge in [-0.3, -0.25) is 4.90 Å². The second kappa shape index (κ2) is 6.88. The summed E-state index contributed by atoms with van der Waals surface area (Å²) in [6, 6.07) is 11.9. The summed E-state index contributed by atoms with van der Waals surface area (Å²) in [4.78, 5) is 2.61. The van der Waals surface area contributed by atoms with Crippen LogP contribution in [0.15, 0.2) is 43.0 Å². The van der Waals surface area contributed by atoms with Gasteiger partial charge in [0.25, 0.3) is 0 Å². The molecule has 0 aromatic heterocycles. The highest BCUT2D eigenvalue weighted by atomic mass is 15.2. The smallest absolute Gasteiger partial charge is 0.0473 e. The highest BCUT2D eigenvalue weighted by molar-refractivity contribution is 5.20. The van der Waals surface area contributed by atoms with Crippen LogP contribution in [0.1, 0.15) is 31.9 Å². The van der Waals surface area contributed by atoms with Crippen molar-refractivity contribution in [3.63, 3.8) is 0 Å². The van der Waals surface area contributed by atoms with Gasteiger partial charge in [-0.15, -0.1) is 6.58 Å². The van der Waals surface area contributed by atoms with Crippen LogP contribution in [0.5, 0.6) is 0 Å². The van der Waals surface area contributed by atoms with E-state index in [-0.39, 0.29) is 0 Å². The van der Waals surface area contributed by atoms with E-state index in [9.17, 15) is 0 Å². The second-order valence-corrected chi connectivity index (χ2v) is 5.76. The molecule has 0 saturated carbocycles. The van der Waals surface area contributed by atoms with Crippen molar-refractivity contribution >= 4 is 0 Å². The molecule has 0 amide bonds. The molecular weight excluding hydrogens is 232 g/mol. The molecule has 1 aliphatic rings. The topological polar surface area (TPSA) is 15.3 Å². The zero-order chi connectivity index (χ0) is 13.7. The predicted octanol–water partition coefficient (Wildman–Crippen LogP) is 3.23. The summed E-state index contributed by atoms with van der Waals surface area (Å²) in [6.45, 7) is 11.7. The second-order valence-electron chi connectivity index (χ2n) is 5.76. The summed E-state index contributed by atoms with van der Waals surface area (Å²) >= 11 is 0. The molecule has 2 atom stereocenters. The summed E-state index contributed by atoms with van der Waals surface area (Å²) in [5.41, 5.74) is 1.42. The van der Waals surface area contributed by atoms with E-state index in [0.717, 1.165) is 26.1 Å². The van der Waals surface area contributed by atoms with E-state index in [1.807, 2.05) is 6.08 Å². The average Bonchev–Trinajstić information content (AvgIpc) is 2.45. The van der Waals surface area contributed by atoms with Crippen molar-refractivity contribution in [3.05, 3.63) is 48.6 Å². The first-order valence-electron chi connectivity index (χ1n) is 7.35.